The minimum absolute atomic E-state index is 0.0571. The molecule has 1 aromatic carbocycles. The normalized spacial score (nSPS) is 13.0. The number of ether oxygens (including phenoxy) is 1. The molecule has 19 heavy (non-hydrogen) atoms. The van der Waals surface area contributed by atoms with Crippen LogP contribution >= 0.6 is 0 Å². The van der Waals surface area contributed by atoms with Crippen molar-refractivity contribution in [2.45, 2.75) is 19.1 Å². The molecule has 0 spiro atoms. The van der Waals surface area contributed by atoms with Crippen LogP contribution in [0.4, 0.5) is 8.78 Å². The molecule has 0 radical (unpaired) electrons. The Bertz CT molecular complexity index is 377. The fourth-order valence-electron chi connectivity index (χ4n) is 1.68. The van der Waals surface area contributed by atoms with Gasteiger partial charge >= 0.3 is 0 Å². The Morgan fingerprint density at radius 1 is 1.37 bits per heavy atom. The van der Waals surface area contributed by atoms with Crippen molar-refractivity contribution in [2.75, 3.05) is 26.7 Å². The van der Waals surface area contributed by atoms with E-state index in [4.69, 9.17) is 10.5 Å². The summed E-state index contributed by atoms with van der Waals surface area (Å²) in [5, 5.41) is 9.68. The average Bonchev–Trinajstić information content (AvgIpc) is 2.35. The average molecular weight is 274 g/mol. The number of halogens is 2. The van der Waals surface area contributed by atoms with E-state index in [-0.39, 0.29) is 19.7 Å². The lowest BCUT2D eigenvalue weighted by Gasteiger charge is -2.20. The van der Waals surface area contributed by atoms with Crippen molar-refractivity contribution in [2.24, 2.45) is 5.73 Å². The SMILES string of the molecule is CN(CC(F)F)CC(O)COc1cccc(CN)c1. The number of hydrogen-bond acceptors (Lipinski definition) is 4. The van der Waals surface area contributed by atoms with Crippen LogP contribution in [0.5, 0.6) is 5.75 Å². The topological polar surface area (TPSA) is 58.7 Å². The monoisotopic (exact) mass is 274 g/mol. The van der Waals surface area contributed by atoms with Gasteiger partial charge in [-0.15, -0.1) is 0 Å². The standard InChI is InChI=1S/C13H20F2N2O2/c1-17(8-13(14)15)7-11(18)9-19-12-4-2-3-10(5-12)6-16/h2-5,11,13,18H,6-9,16H2,1H3. The number of benzene rings is 1. The van der Waals surface area contributed by atoms with Crippen molar-refractivity contribution in [3.63, 3.8) is 0 Å². The highest BCUT2D eigenvalue weighted by atomic mass is 19.3. The largest absolute Gasteiger partial charge is 0.491 e. The molecule has 0 aliphatic rings. The van der Waals surface area contributed by atoms with Crippen LogP contribution in [0.3, 0.4) is 0 Å². The summed E-state index contributed by atoms with van der Waals surface area (Å²) in [6, 6.07) is 7.23. The summed E-state index contributed by atoms with van der Waals surface area (Å²) in [6.45, 7) is 0.249. The Balaban J connectivity index is 2.34. The van der Waals surface area contributed by atoms with Gasteiger partial charge < -0.3 is 15.6 Å². The van der Waals surface area contributed by atoms with Crippen LogP contribution in [0.15, 0.2) is 24.3 Å². The van der Waals surface area contributed by atoms with Crippen molar-refractivity contribution >= 4 is 0 Å². The van der Waals surface area contributed by atoms with Crippen LogP contribution in [0, 0.1) is 0 Å². The van der Waals surface area contributed by atoms with Crippen molar-refractivity contribution in [1.82, 2.24) is 4.90 Å². The first-order valence-corrected chi connectivity index (χ1v) is 6.08. The van der Waals surface area contributed by atoms with Crippen LogP contribution in [-0.4, -0.2) is 49.3 Å². The maximum Gasteiger partial charge on any atom is 0.251 e. The Labute approximate surface area is 111 Å². The van der Waals surface area contributed by atoms with E-state index in [1.54, 1.807) is 12.1 Å². The van der Waals surface area contributed by atoms with Gasteiger partial charge in [0.05, 0.1) is 6.54 Å². The van der Waals surface area contributed by atoms with Gasteiger partial charge in [-0.05, 0) is 24.7 Å². The van der Waals surface area contributed by atoms with Crippen molar-refractivity contribution in [3.05, 3.63) is 29.8 Å². The number of aliphatic hydroxyl groups excluding tert-OH is 1. The first kappa shape index (κ1) is 15.8. The molecule has 1 aromatic rings. The summed E-state index contributed by atoms with van der Waals surface area (Å²) in [6.07, 6.45) is -3.22. The first-order valence-electron chi connectivity index (χ1n) is 6.08. The summed E-state index contributed by atoms with van der Waals surface area (Å²) in [5.74, 6) is 0.610. The number of aliphatic hydroxyl groups is 1. The molecule has 0 heterocycles. The van der Waals surface area contributed by atoms with Gasteiger partial charge in [-0.25, -0.2) is 8.78 Å². The Hall–Kier alpha value is -1.24. The summed E-state index contributed by atoms with van der Waals surface area (Å²) in [4.78, 5) is 1.37. The van der Waals surface area contributed by atoms with E-state index in [1.807, 2.05) is 12.1 Å². The van der Waals surface area contributed by atoms with E-state index >= 15 is 0 Å². The molecule has 0 aliphatic heterocycles. The van der Waals surface area contributed by atoms with E-state index in [2.05, 4.69) is 0 Å². The van der Waals surface area contributed by atoms with Crippen LogP contribution in [0.2, 0.25) is 0 Å². The maximum atomic E-state index is 12.1. The molecule has 1 rings (SSSR count). The van der Waals surface area contributed by atoms with Crippen LogP contribution < -0.4 is 10.5 Å². The predicted octanol–water partition coefficient (Wildman–Crippen LogP) is 1.08. The third kappa shape index (κ3) is 6.47. The zero-order valence-electron chi connectivity index (χ0n) is 10.9. The fourth-order valence-corrected chi connectivity index (χ4v) is 1.68. The number of nitrogens with two attached hydrogens (primary N) is 1. The summed E-state index contributed by atoms with van der Waals surface area (Å²) < 4.78 is 29.6. The minimum Gasteiger partial charge on any atom is -0.491 e. The summed E-state index contributed by atoms with van der Waals surface area (Å²) in [5.41, 5.74) is 6.44. The third-order valence-corrected chi connectivity index (χ3v) is 2.55. The third-order valence-electron chi connectivity index (χ3n) is 2.55. The minimum atomic E-state index is -2.40. The predicted molar refractivity (Wildman–Crippen MR) is 69.3 cm³/mol. The van der Waals surface area contributed by atoms with Crippen LogP contribution in [-0.2, 0) is 6.54 Å². The van der Waals surface area contributed by atoms with Gasteiger partial charge in [0.2, 0.25) is 0 Å². The summed E-state index contributed by atoms with van der Waals surface area (Å²) in [7, 11) is 1.53. The summed E-state index contributed by atoms with van der Waals surface area (Å²) >= 11 is 0. The molecule has 0 saturated carbocycles. The molecule has 0 fully saturated rings. The number of rotatable bonds is 8. The second kappa shape index (κ2) is 8.04. The van der Waals surface area contributed by atoms with Crippen molar-refractivity contribution < 1.29 is 18.6 Å². The van der Waals surface area contributed by atoms with E-state index < -0.39 is 12.5 Å². The highest BCUT2D eigenvalue weighted by Crippen LogP contribution is 2.13. The fraction of sp³-hybridized carbons (Fsp3) is 0.538. The molecule has 1 atom stereocenters. The molecule has 0 aliphatic carbocycles. The van der Waals surface area contributed by atoms with Gasteiger partial charge in [-0.3, -0.25) is 4.90 Å². The number of nitrogens with zero attached hydrogens (tertiary/aromatic N) is 1. The van der Waals surface area contributed by atoms with E-state index in [0.717, 1.165) is 5.56 Å². The second-order valence-electron chi connectivity index (χ2n) is 4.43. The molecule has 0 aromatic heterocycles. The zero-order chi connectivity index (χ0) is 14.3. The highest BCUT2D eigenvalue weighted by Gasteiger charge is 2.13. The zero-order valence-corrected chi connectivity index (χ0v) is 10.9. The molecule has 3 N–H and O–H groups in total. The first-order chi connectivity index (χ1) is 9.01. The highest BCUT2D eigenvalue weighted by molar-refractivity contribution is 5.28. The Morgan fingerprint density at radius 2 is 2.11 bits per heavy atom. The molecule has 4 nitrogen and oxygen atoms in total. The van der Waals surface area contributed by atoms with Crippen LogP contribution in [0.25, 0.3) is 0 Å². The lowest BCUT2D eigenvalue weighted by atomic mass is 10.2. The van der Waals surface area contributed by atoms with E-state index in [1.165, 1.54) is 11.9 Å². The number of hydrogen-bond donors (Lipinski definition) is 2. The lowest BCUT2D eigenvalue weighted by molar-refractivity contribution is 0.0473. The Kier molecular flexibility index (Phi) is 6.69. The van der Waals surface area contributed by atoms with Crippen molar-refractivity contribution in [1.29, 1.82) is 0 Å². The molecular formula is C13H20F2N2O2. The van der Waals surface area contributed by atoms with E-state index in [0.29, 0.717) is 12.3 Å². The number of likely N-dealkylation sites (N-methyl/N-ethyl adjacent to an activating group) is 1. The van der Waals surface area contributed by atoms with E-state index in [9.17, 15) is 13.9 Å². The molecule has 6 heteroatoms. The molecule has 0 amide bonds. The Morgan fingerprint density at radius 3 is 2.74 bits per heavy atom. The van der Waals surface area contributed by atoms with Crippen molar-refractivity contribution in [3.8, 4) is 5.75 Å². The second-order valence-corrected chi connectivity index (χ2v) is 4.43. The molecule has 0 bridgehead atoms. The maximum absolute atomic E-state index is 12.1. The molecular weight excluding hydrogens is 254 g/mol. The van der Waals surface area contributed by atoms with Gasteiger partial charge in [-0.2, -0.15) is 0 Å². The molecule has 108 valence electrons. The van der Waals surface area contributed by atoms with Gasteiger partial charge in [0.1, 0.15) is 18.5 Å². The van der Waals surface area contributed by atoms with Gasteiger partial charge in [0.15, 0.2) is 0 Å². The quantitative estimate of drug-likeness (QED) is 0.745. The van der Waals surface area contributed by atoms with Gasteiger partial charge in [0.25, 0.3) is 6.43 Å². The van der Waals surface area contributed by atoms with Gasteiger partial charge in [0, 0.05) is 13.1 Å². The smallest absolute Gasteiger partial charge is 0.251 e. The molecule has 1 unspecified atom stereocenters. The van der Waals surface area contributed by atoms with Crippen LogP contribution in [0.1, 0.15) is 5.56 Å². The number of alkyl halides is 2. The molecule has 0 saturated heterocycles. The van der Waals surface area contributed by atoms with Gasteiger partial charge in [-0.1, -0.05) is 12.1 Å². The lowest BCUT2D eigenvalue weighted by Crippen LogP contribution is -2.35.